The average molecular weight is 478 g/mol. The van der Waals surface area contributed by atoms with Gasteiger partial charge in [-0.15, -0.1) is 11.3 Å². The number of rotatable bonds is 7. The first-order valence-corrected chi connectivity index (χ1v) is 11.1. The lowest BCUT2D eigenvalue weighted by Gasteiger charge is -2.26. The number of amides is 3. The van der Waals surface area contributed by atoms with Crippen LogP contribution in [0.4, 0.5) is 10.5 Å². The van der Waals surface area contributed by atoms with Crippen LogP contribution in [0.5, 0.6) is 0 Å². The normalized spacial score (nSPS) is 10.7. The van der Waals surface area contributed by atoms with E-state index in [0.717, 1.165) is 5.69 Å². The largest absolute Gasteiger partial charge is 0.345 e. The molecule has 162 valence electrons. The molecule has 0 radical (unpaired) electrons. The number of aromatic nitrogens is 2. The van der Waals surface area contributed by atoms with Gasteiger partial charge in [0, 0.05) is 23.3 Å². The minimum absolute atomic E-state index is 0.0897. The summed E-state index contributed by atoms with van der Waals surface area (Å²) in [5.41, 5.74) is 1.61. The van der Waals surface area contributed by atoms with Gasteiger partial charge in [0.1, 0.15) is 10.7 Å². The highest BCUT2D eigenvalue weighted by Gasteiger charge is 2.20. The zero-order valence-corrected chi connectivity index (χ0v) is 19.3. The Morgan fingerprint density at radius 1 is 1.16 bits per heavy atom. The van der Waals surface area contributed by atoms with Crippen molar-refractivity contribution in [2.24, 2.45) is 0 Å². The number of urea groups is 1. The van der Waals surface area contributed by atoms with Crippen LogP contribution in [-0.2, 0) is 13.1 Å². The average Bonchev–Trinajstić information content (AvgIpc) is 3.22. The Hall–Kier alpha value is -2.68. The lowest BCUT2D eigenvalue weighted by molar-refractivity contribution is 0.0946. The van der Waals surface area contributed by atoms with Crippen LogP contribution in [0.25, 0.3) is 0 Å². The van der Waals surface area contributed by atoms with Crippen molar-refractivity contribution >= 4 is 52.2 Å². The molecule has 3 aromatic rings. The summed E-state index contributed by atoms with van der Waals surface area (Å²) in [7, 11) is 0. The molecule has 31 heavy (non-hydrogen) atoms. The second-order valence-electron chi connectivity index (χ2n) is 6.91. The van der Waals surface area contributed by atoms with E-state index >= 15 is 0 Å². The Morgan fingerprint density at radius 2 is 1.97 bits per heavy atom. The molecule has 0 atom stereocenters. The fourth-order valence-electron chi connectivity index (χ4n) is 2.66. The van der Waals surface area contributed by atoms with Crippen LogP contribution in [0.15, 0.2) is 48.0 Å². The maximum atomic E-state index is 12.8. The van der Waals surface area contributed by atoms with E-state index in [1.165, 1.54) is 11.3 Å². The molecule has 3 amide bonds. The summed E-state index contributed by atoms with van der Waals surface area (Å²) < 4.78 is 0. The third-order valence-electron chi connectivity index (χ3n) is 4.30. The number of carbonyl (C=O) groups excluding carboxylic acids is 2. The Morgan fingerprint density at radius 3 is 2.65 bits per heavy atom. The number of nitrogens with zero attached hydrogens (tertiary/aromatic N) is 3. The number of hydrogen-bond donors (Lipinski definition) is 2. The van der Waals surface area contributed by atoms with Crippen LogP contribution < -0.4 is 10.6 Å². The van der Waals surface area contributed by atoms with Gasteiger partial charge >= 0.3 is 6.03 Å². The highest BCUT2D eigenvalue weighted by Crippen LogP contribution is 2.25. The molecule has 2 aromatic heterocycles. The number of thiazole rings is 1. The third-order valence-corrected chi connectivity index (χ3v) is 5.87. The summed E-state index contributed by atoms with van der Waals surface area (Å²) in [5, 5.41) is 8.72. The topological polar surface area (TPSA) is 87.2 Å². The lowest BCUT2D eigenvalue weighted by atomic mass is 10.3. The fraction of sp³-hybridized carbons (Fsp3) is 0.238. The quantitative estimate of drug-likeness (QED) is 0.488. The first-order chi connectivity index (χ1) is 14.8. The summed E-state index contributed by atoms with van der Waals surface area (Å²) in [5.74, 6) is -0.287. The maximum absolute atomic E-state index is 12.8. The zero-order chi connectivity index (χ0) is 22.4. The molecule has 0 aliphatic rings. The van der Waals surface area contributed by atoms with Gasteiger partial charge in [-0.05, 0) is 44.2 Å². The minimum Gasteiger partial charge on any atom is -0.345 e. The highest BCUT2D eigenvalue weighted by molar-refractivity contribution is 7.09. The molecule has 3 rings (SSSR count). The van der Waals surface area contributed by atoms with Crippen molar-refractivity contribution in [3.05, 3.63) is 74.4 Å². The van der Waals surface area contributed by atoms with Crippen LogP contribution in [0.2, 0.25) is 10.0 Å². The van der Waals surface area contributed by atoms with Crippen molar-refractivity contribution in [3.8, 4) is 0 Å². The number of anilines is 1. The molecule has 0 unspecified atom stereocenters. The molecule has 0 bridgehead atoms. The number of benzene rings is 1. The molecule has 2 N–H and O–H groups in total. The molecule has 0 saturated carbocycles. The maximum Gasteiger partial charge on any atom is 0.322 e. The van der Waals surface area contributed by atoms with Gasteiger partial charge < -0.3 is 15.5 Å². The molecule has 0 spiro atoms. The predicted octanol–water partition coefficient (Wildman–Crippen LogP) is 5.22. The van der Waals surface area contributed by atoms with E-state index in [2.05, 4.69) is 20.6 Å². The van der Waals surface area contributed by atoms with Gasteiger partial charge in [0.25, 0.3) is 5.91 Å². The van der Waals surface area contributed by atoms with Crippen LogP contribution in [0, 0.1) is 0 Å². The number of nitrogens with one attached hydrogen (secondary N) is 2. The molecular weight excluding hydrogens is 457 g/mol. The van der Waals surface area contributed by atoms with Gasteiger partial charge in [0.2, 0.25) is 0 Å². The van der Waals surface area contributed by atoms with Gasteiger partial charge in [-0.1, -0.05) is 29.3 Å². The smallest absolute Gasteiger partial charge is 0.322 e. The minimum atomic E-state index is -0.301. The third kappa shape index (κ3) is 6.40. The summed E-state index contributed by atoms with van der Waals surface area (Å²) in [6, 6.07) is 10.0. The zero-order valence-electron chi connectivity index (χ0n) is 16.9. The van der Waals surface area contributed by atoms with Gasteiger partial charge in [-0.2, -0.15) is 0 Å². The first kappa shape index (κ1) is 23.0. The number of pyridine rings is 1. The Bertz CT molecular complexity index is 1060. The van der Waals surface area contributed by atoms with E-state index in [9.17, 15) is 9.59 Å². The van der Waals surface area contributed by atoms with Gasteiger partial charge in [0.15, 0.2) is 0 Å². The summed E-state index contributed by atoms with van der Waals surface area (Å²) in [6.45, 7) is 4.39. The second-order valence-corrected chi connectivity index (χ2v) is 8.67. The molecule has 0 fully saturated rings. The van der Waals surface area contributed by atoms with Crippen molar-refractivity contribution in [1.82, 2.24) is 20.2 Å². The van der Waals surface area contributed by atoms with Crippen LogP contribution >= 0.6 is 34.5 Å². The monoisotopic (exact) mass is 477 g/mol. The van der Waals surface area contributed by atoms with Crippen molar-refractivity contribution in [2.45, 2.75) is 33.0 Å². The van der Waals surface area contributed by atoms with Gasteiger partial charge in [0.05, 0.1) is 28.8 Å². The number of hydrogen-bond acceptors (Lipinski definition) is 5. The Balaban J connectivity index is 1.62. The fourth-order valence-corrected chi connectivity index (χ4v) is 3.73. The van der Waals surface area contributed by atoms with E-state index in [4.69, 9.17) is 23.2 Å². The SMILES string of the molecule is CC(C)N(Cc1nc(C(=O)NCc2ccccn2)cs1)C(=O)Nc1ccc(Cl)c(Cl)c1. The molecule has 1 aromatic carbocycles. The van der Waals surface area contributed by atoms with E-state index in [1.54, 1.807) is 34.7 Å². The molecule has 0 aliphatic carbocycles. The molecular formula is C21H21Cl2N5O2S. The number of carbonyl (C=O) groups is 2. The molecule has 0 aliphatic heterocycles. The van der Waals surface area contributed by atoms with Crippen LogP contribution in [0.1, 0.15) is 35.0 Å². The summed E-state index contributed by atoms with van der Waals surface area (Å²) in [4.78, 5) is 35.3. The van der Waals surface area contributed by atoms with Crippen molar-refractivity contribution in [3.63, 3.8) is 0 Å². The molecule has 7 nitrogen and oxygen atoms in total. The van der Waals surface area contributed by atoms with Crippen LogP contribution in [-0.4, -0.2) is 32.8 Å². The van der Waals surface area contributed by atoms with Crippen molar-refractivity contribution in [2.75, 3.05) is 5.32 Å². The van der Waals surface area contributed by atoms with E-state index in [0.29, 0.717) is 33.0 Å². The van der Waals surface area contributed by atoms with E-state index in [-0.39, 0.29) is 24.5 Å². The van der Waals surface area contributed by atoms with Gasteiger partial charge in [-0.3, -0.25) is 9.78 Å². The van der Waals surface area contributed by atoms with Crippen molar-refractivity contribution < 1.29 is 9.59 Å². The standard InChI is InChI=1S/C21H21Cl2N5O2S/c1-13(2)28(21(30)26-14-6-7-16(22)17(23)9-14)11-19-27-18(12-31-19)20(29)25-10-15-5-3-4-8-24-15/h3-9,12-13H,10-11H2,1-2H3,(H,25,29)(H,26,30). The highest BCUT2D eigenvalue weighted by atomic mass is 35.5. The molecule has 0 saturated heterocycles. The lowest BCUT2D eigenvalue weighted by Crippen LogP contribution is -2.39. The van der Waals surface area contributed by atoms with Gasteiger partial charge in [-0.25, -0.2) is 9.78 Å². The number of halogens is 2. The molecule has 2 heterocycles. The first-order valence-electron chi connectivity index (χ1n) is 9.48. The van der Waals surface area contributed by atoms with E-state index in [1.807, 2.05) is 32.0 Å². The van der Waals surface area contributed by atoms with Crippen molar-refractivity contribution in [1.29, 1.82) is 0 Å². The summed E-state index contributed by atoms with van der Waals surface area (Å²) >= 11 is 13.3. The second kappa shape index (κ2) is 10.6. The van der Waals surface area contributed by atoms with E-state index < -0.39 is 0 Å². The molecule has 10 heteroatoms. The Labute approximate surface area is 194 Å². The summed E-state index contributed by atoms with van der Waals surface area (Å²) in [6.07, 6.45) is 1.67. The predicted molar refractivity (Wildman–Crippen MR) is 124 cm³/mol. The van der Waals surface area contributed by atoms with Crippen LogP contribution in [0.3, 0.4) is 0 Å². The Kier molecular flexibility index (Phi) is 7.84.